The maximum absolute atomic E-state index is 8.61. The molecule has 0 aromatic heterocycles. The van der Waals surface area contributed by atoms with Crippen LogP contribution < -0.4 is 4.52 Å². The van der Waals surface area contributed by atoms with Gasteiger partial charge in [0.15, 0.2) is 0 Å². The Hall–Kier alpha value is -0.590. The molecule has 1 rings (SSSR count). The average Bonchev–Trinajstić information content (AvgIpc) is 2.07. The second kappa shape index (κ2) is 3.88. The van der Waals surface area contributed by atoms with Gasteiger partial charge < -0.3 is 9.42 Å². The van der Waals surface area contributed by atoms with Crippen LogP contribution in [0.1, 0.15) is 16.7 Å². The van der Waals surface area contributed by atoms with E-state index in [9.17, 15) is 0 Å². The van der Waals surface area contributed by atoms with Crippen molar-refractivity contribution in [2.45, 2.75) is 20.8 Å². The highest BCUT2D eigenvalue weighted by Gasteiger charge is 2.03. The minimum atomic E-state index is -0.475. The molecule has 0 spiro atoms. The summed E-state index contributed by atoms with van der Waals surface area (Å²) in [5, 5.41) is 0. The summed E-state index contributed by atoms with van der Waals surface area (Å²) in [6, 6.07) is 3.89. The zero-order valence-electron chi connectivity index (χ0n) is 7.51. The van der Waals surface area contributed by atoms with Gasteiger partial charge in [-0.05, 0) is 43.5 Å². The van der Waals surface area contributed by atoms with Crippen molar-refractivity contribution >= 4 is 9.03 Å². The highest BCUT2D eigenvalue weighted by Crippen LogP contribution is 2.26. The summed E-state index contributed by atoms with van der Waals surface area (Å²) in [6.45, 7) is 6.11. The minimum absolute atomic E-state index is 0.475. The molecule has 2 nitrogen and oxygen atoms in total. The summed E-state index contributed by atoms with van der Waals surface area (Å²) >= 11 is 0. The first-order valence-electron chi connectivity index (χ1n) is 3.79. The van der Waals surface area contributed by atoms with Crippen LogP contribution in [0.25, 0.3) is 0 Å². The molecular weight excluding hydrogens is 171 g/mol. The first-order valence-corrected chi connectivity index (χ1v) is 4.65. The molecule has 0 heterocycles. The third-order valence-corrected chi connectivity index (χ3v) is 2.48. The molecule has 12 heavy (non-hydrogen) atoms. The normalized spacial score (nSPS) is 11.0. The van der Waals surface area contributed by atoms with Crippen molar-refractivity contribution in [3.8, 4) is 5.75 Å². The van der Waals surface area contributed by atoms with Gasteiger partial charge in [0.1, 0.15) is 5.75 Å². The number of benzene rings is 1. The molecule has 0 radical (unpaired) electrons. The molecule has 3 heteroatoms. The SMILES string of the molecule is Cc1ccc(OPO)c(C)c1C. The zero-order chi connectivity index (χ0) is 9.14. The molecule has 1 atom stereocenters. The first-order chi connectivity index (χ1) is 5.66. The summed E-state index contributed by atoms with van der Waals surface area (Å²) in [5.41, 5.74) is 3.59. The molecule has 1 aromatic carbocycles. The van der Waals surface area contributed by atoms with E-state index in [1.807, 2.05) is 19.1 Å². The Kier molecular flexibility index (Phi) is 3.07. The van der Waals surface area contributed by atoms with E-state index in [0.717, 1.165) is 11.3 Å². The van der Waals surface area contributed by atoms with Crippen molar-refractivity contribution in [1.29, 1.82) is 0 Å². The van der Waals surface area contributed by atoms with Crippen LogP contribution in [0.5, 0.6) is 5.75 Å². The van der Waals surface area contributed by atoms with Crippen LogP contribution in [-0.4, -0.2) is 4.89 Å². The Balaban J connectivity index is 3.08. The van der Waals surface area contributed by atoms with Gasteiger partial charge in [-0.15, -0.1) is 0 Å². The number of hydrogen-bond donors (Lipinski definition) is 1. The summed E-state index contributed by atoms with van der Waals surface area (Å²) in [6.07, 6.45) is 0. The lowest BCUT2D eigenvalue weighted by Gasteiger charge is -2.09. The van der Waals surface area contributed by atoms with Crippen LogP contribution in [0.4, 0.5) is 0 Å². The van der Waals surface area contributed by atoms with Crippen molar-refractivity contribution in [1.82, 2.24) is 0 Å². The van der Waals surface area contributed by atoms with Crippen molar-refractivity contribution in [3.05, 3.63) is 28.8 Å². The molecule has 0 bridgehead atoms. The van der Waals surface area contributed by atoms with Crippen LogP contribution >= 0.6 is 9.03 Å². The fourth-order valence-electron chi connectivity index (χ4n) is 1.09. The Morgan fingerprint density at radius 2 is 1.83 bits per heavy atom. The minimum Gasteiger partial charge on any atom is -0.450 e. The Bertz CT molecular complexity index is 284. The van der Waals surface area contributed by atoms with Gasteiger partial charge in [-0.3, -0.25) is 0 Å². The Labute approximate surface area is 74.5 Å². The quantitative estimate of drug-likeness (QED) is 0.715. The molecule has 1 unspecified atom stereocenters. The zero-order valence-corrected chi connectivity index (χ0v) is 8.51. The van der Waals surface area contributed by atoms with Gasteiger partial charge in [-0.2, -0.15) is 0 Å². The van der Waals surface area contributed by atoms with E-state index in [0.29, 0.717) is 0 Å². The number of aryl methyl sites for hydroxylation is 1. The molecule has 0 saturated heterocycles. The topological polar surface area (TPSA) is 29.5 Å². The van der Waals surface area contributed by atoms with Crippen molar-refractivity contribution < 1.29 is 9.42 Å². The van der Waals surface area contributed by atoms with E-state index in [-0.39, 0.29) is 0 Å². The summed E-state index contributed by atoms with van der Waals surface area (Å²) < 4.78 is 5.06. The lowest BCUT2D eigenvalue weighted by Crippen LogP contribution is -1.89. The molecule has 0 saturated carbocycles. The molecule has 0 fully saturated rings. The maximum Gasteiger partial charge on any atom is 0.212 e. The maximum atomic E-state index is 8.61. The second-order valence-electron chi connectivity index (χ2n) is 2.82. The van der Waals surface area contributed by atoms with Gasteiger partial charge in [0.2, 0.25) is 9.03 Å². The van der Waals surface area contributed by atoms with Gasteiger partial charge >= 0.3 is 0 Å². The van der Waals surface area contributed by atoms with Gasteiger partial charge in [0.05, 0.1) is 0 Å². The fraction of sp³-hybridized carbons (Fsp3) is 0.333. The smallest absolute Gasteiger partial charge is 0.212 e. The lowest BCUT2D eigenvalue weighted by molar-refractivity contribution is 0.511. The highest BCUT2D eigenvalue weighted by molar-refractivity contribution is 7.25. The Morgan fingerprint density at radius 1 is 1.17 bits per heavy atom. The summed E-state index contributed by atoms with van der Waals surface area (Å²) in [5.74, 6) is 0.777. The fourth-order valence-corrected chi connectivity index (χ4v) is 1.41. The second-order valence-corrected chi connectivity index (χ2v) is 3.21. The van der Waals surface area contributed by atoms with Gasteiger partial charge in [-0.1, -0.05) is 6.07 Å². The molecule has 66 valence electrons. The van der Waals surface area contributed by atoms with E-state index in [2.05, 4.69) is 13.8 Å². The number of hydrogen-bond acceptors (Lipinski definition) is 2. The van der Waals surface area contributed by atoms with Crippen LogP contribution in [0, 0.1) is 20.8 Å². The van der Waals surface area contributed by atoms with E-state index < -0.39 is 9.03 Å². The third-order valence-electron chi connectivity index (χ3n) is 2.16. The van der Waals surface area contributed by atoms with E-state index >= 15 is 0 Å². The molecule has 1 aromatic rings. The molecule has 1 N–H and O–H groups in total. The van der Waals surface area contributed by atoms with E-state index in [4.69, 9.17) is 9.42 Å². The molecular formula is C9H13O2P. The van der Waals surface area contributed by atoms with Gasteiger partial charge in [0, 0.05) is 0 Å². The average molecular weight is 184 g/mol. The summed E-state index contributed by atoms with van der Waals surface area (Å²) in [4.78, 5) is 8.61. The molecule has 0 amide bonds. The Morgan fingerprint density at radius 3 is 2.42 bits per heavy atom. The van der Waals surface area contributed by atoms with E-state index in [1.165, 1.54) is 11.1 Å². The molecule has 0 aliphatic carbocycles. The van der Waals surface area contributed by atoms with Crippen LogP contribution in [0.15, 0.2) is 12.1 Å². The van der Waals surface area contributed by atoms with Crippen molar-refractivity contribution in [2.24, 2.45) is 0 Å². The molecule has 0 aliphatic heterocycles. The standard InChI is InChI=1S/C9H13O2P/c1-6-4-5-9(11-12-10)8(3)7(6)2/h4-5,10,12H,1-3H3. The summed E-state index contributed by atoms with van der Waals surface area (Å²) in [7, 11) is -0.475. The lowest BCUT2D eigenvalue weighted by atomic mass is 10.0. The van der Waals surface area contributed by atoms with Crippen molar-refractivity contribution in [3.63, 3.8) is 0 Å². The van der Waals surface area contributed by atoms with Crippen LogP contribution in [-0.2, 0) is 0 Å². The predicted molar refractivity (Wildman–Crippen MR) is 51.8 cm³/mol. The first kappa shape index (κ1) is 9.50. The highest BCUT2D eigenvalue weighted by atomic mass is 31.1. The van der Waals surface area contributed by atoms with E-state index in [1.54, 1.807) is 0 Å². The predicted octanol–water partition coefficient (Wildman–Crippen LogP) is 2.49. The molecule has 0 aliphatic rings. The monoisotopic (exact) mass is 184 g/mol. The van der Waals surface area contributed by atoms with Crippen LogP contribution in [0.3, 0.4) is 0 Å². The third kappa shape index (κ3) is 1.77. The largest absolute Gasteiger partial charge is 0.450 e. The van der Waals surface area contributed by atoms with Crippen molar-refractivity contribution in [2.75, 3.05) is 0 Å². The van der Waals surface area contributed by atoms with Gasteiger partial charge in [0.25, 0.3) is 0 Å². The number of rotatable bonds is 2. The van der Waals surface area contributed by atoms with Crippen LogP contribution in [0.2, 0.25) is 0 Å². The van der Waals surface area contributed by atoms with Gasteiger partial charge in [-0.25, -0.2) is 0 Å².